The molecule has 1 aromatic heterocycles. The van der Waals surface area contributed by atoms with Crippen LogP contribution in [-0.2, 0) is 87.9 Å². The number of aromatic nitrogens is 1. The molecule has 20 N–H and O–H groups in total. The lowest BCUT2D eigenvalue weighted by Crippen LogP contribution is -2.59. The monoisotopic (exact) mass is 1320 g/mol. The molecule has 2 fully saturated rings. The molecule has 0 bridgehead atoms. The molecular weight excluding hydrogens is 1240 g/mol. The molecule has 5 rings (SSSR count). The molecule has 3 aliphatic rings. The highest BCUT2D eigenvalue weighted by atomic mass is 16.4. The SMILES string of the molecule is CC(C)[C@H](NC(=O)[C@H](CC(=O)O)NC(=O)CNC(=O)[C@H](CC(=O)O)NC(=O)[C@@H]1CCCN1C(=O)[C@H](CC(N)=O)NC(=O)[C@H](CCCN=C(N)N)NC(=O)CCN1C(=O)C=CC1=O)C(=O)NCC(=O)NCC(=O)N1CCC[C@H]1C(=O)N[C@@H](Cc1c[nH]c2ccccc12)C(N)=O. The molecule has 2 aromatic rings. The van der Waals surface area contributed by atoms with E-state index in [9.17, 15) is 91.7 Å². The fourth-order valence-corrected chi connectivity index (χ4v) is 10.4. The van der Waals surface area contributed by atoms with E-state index in [0.29, 0.717) is 6.42 Å². The zero-order valence-electron chi connectivity index (χ0n) is 51.4. The molecule has 37 heteroatoms. The van der Waals surface area contributed by atoms with E-state index in [1.165, 1.54) is 18.7 Å². The largest absolute Gasteiger partial charge is 0.481 e. The second-order valence-electron chi connectivity index (χ2n) is 22.5. The van der Waals surface area contributed by atoms with E-state index in [0.717, 1.165) is 38.4 Å². The van der Waals surface area contributed by atoms with Gasteiger partial charge in [0.25, 0.3) is 11.8 Å². The molecule has 15 amide bonds. The number of carbonyl (C=O) groups excluding carboxylic acids is 15. The zero-order valence-corrected chi connectivity index (χ0v) is 51.4. The van der Waals surface area contributed by atoms with Crippen molar-refractivity contribution < 1.29 is 91.7 Å². The Balaban J connectivity index is 1.13. The Bertz CT molecular complexity index is 3310. The number of amides is 15. The summed E-state index contributed by atoms with van der Waals surface area (Å²) in [7, 11) is 0. The maximum Gasteiger partial charge on any atom is 0.305 e. The molecule has 4 heterocycles. The number of guanidine groups is 1. The minimum atomic E-state index is -1.95. The third kappa shape index (κ3) is 22.1. The van der Waals surface area contributed by atoms with Gasteiger partial charge in [0.2, 0.25) is 76.8 Å². The van der Waals surface area contributed by atoms with Gasteiger partial charge in [0.15, 0.2) is 5.96 Å². The predicted octanol–water partition coefficient (Wildman–Crippen LogP) is -7.72. The fraction of sp³-hybridized carbons (Fsp3) is 0.509. The van der Waals surface area contributed by atoms with E-state index in [2.05, 4.69) is 57.8 Å². The van der Waals surface area contributed by atoms with Crippen molar-refractivity contribution in [3.8, 4) is 0 Å². The molecule has 510 valence electrons. The molecular formula is C57H78N18O19. The standard InChI is InChI=1S/C57H78N18O19/c1-28(2)48(55(93)66-25-41(78)64-27-45(82)73-17-6-11-37(73)53(91)69-33(49(59)87)20-29-24-63-31-9-4-3-8-30(29)31)72-52(90)35(23-47(85)86)68-42(79)26-65-50(88)34(22-46(83)84)70-54(92)38-12-7-18-74(38)56(94)36(21-39(58)76)71-51(89)32(10-5-16-62-57(60)61)67-40(77)15-19-75-43(80)13-14-44(75)81/h3-4,8-9,13-14,24,28,32-38,48,63H,5-7,10-12,15-23,25-27H2,1-2H3,(H2,58,76)(H2,59,87)(H,64,78)(H,65,88)(H,66,93)(H,67,77)(H,68,79)(H,69,91)(H,70,92)(H,71,89)(H,72,90)(H,83,84)(H,85,86)(H4,60,61,62)/t32-,33-,34-,35-,36-,37-,38-,48-/m0/s1. The number of para-hydroxylation sites is 1. The molecule has 2 saturated heterocycles. The molecule has 94 heavy (non-hydrogen) atoms. The van der Waals surface area contributed by atoms with E-state index in [4.69, 9.17) is 22.9 Å². The van der Waals surface area contributed by atoms with Crippen LogP contribution in [0.25, 0.3) is 10.9 Å². The number of fused-ring (bicyclic) bond motifs is 1. The first-order chi connectivity index (χ1) is 44.4. The number of hydrogen-bond donors (Lipinski definition) is 16. The summed E-state index contributed by atoms with van der Waals surface area (Å²) in [6.45, 7) is 0.185. The fourth-order valence-electron chi connectivity index (χ4n) is 10.4. The highest BCUT2D eigenvalue weighted by Crippen LogP contribution is 2.23. The van der Waals surface area contributed by atoms with Crippen molar-refractivity contribution in [3.63, 3.8) is 0 Å². The number of benzene rings is 1. The van der Waals surface area contributed by atoms with E-state index < -0.39 is 200 Å². The third-order valence-electron chi connectivity index (χ3n) is 15.1. The van der Waals surface area contributed by atoms with Crippen molar-refractivity contribution >= 4 is 117 Å². The lowest BCUT2D eigenvalue weighted by Gasteiger charge is -2.30. The highest BCUT2D eigenvalue weighted by molar-refractivity contribution is 6.13. The maximum atomic E-state index is 14.1. The zero-order chi connectivity index (χ0) is 69.5. The first-order valence-electron chi connectivity index (χ1n) is 29.8. The molecule has 0 unspecified atom stereocenters. The number of nitrogens with one attached hydrogen (secondary N) is 10. The van der Waals surface area contributed by atoms with Gasteiger partial charge in [-0.15, -0.1) is 0 Å². The summed E-state index contributed by atoms with van der Waals surface area (Å²) in [4.78, 5) is 230. The average Bonchev–Trinajstić information content (AvgIpc) is 1.66. The van der Waals surface area contributed by atoms with Crippen LogP contribution in [0, 0.1) is 5.92 Å². The molecule has 37 nitrogen and oxygen atoms in total. The number of likely N-dealkylation sites (tertiary alicyclic amines) is 2. The van der Waals surface area contributed by atoms with Gasteiger partial charge in [0.1, 0.15) is 48.3 Å². The number of nitrogens with zero attached hydrogens (tertiary/aromatic N) is 4. The number of carboxylic acids is 2. The van der Waals surface area contributed by atoms with Gasteiger partial charge in [-0.25, -0.2) is 0 Å². The number of aliphatic imine (C=N–C) groups is 1. The van der Waals surface area contributed by atoms with Gasteiger partial charge in [0, 0.05) is 68.3 Å². The number of carbonyl (C=O) groups is 17. The number of primary amides is 2. The quantitative estimate of drug-likeness (QED) is 0.0130. The lowest BCUT2D eigenvalue weighted by atomic mass is 10.0. The Morgan fingerprint density at radius 2 is 1.18 bits per heavy atom. The van der Waals surface area contributed by atoms with Gasteiger partial charge >= 0.3 is 11.9 Å². The second kappa shape index (κ2) is 35.0. The van der Waals surface area contributed by atoms with Crippen LogP contribution in [0.1, 0.15) is 83.6 Å². The highest BCUT2D eigenvalue weighted by Gasteiger charge is 2.41. The summed E-state index contributed by atoms with van der Waals surface area (Å²) in [5.74, 6) is -18.3. The second-order valence-corrected chi connectivity index (χ2v) is 22.5. The van der Waals surface area contributed by atoms with Gasteiger partial charge in [0.05, 0.1) is 38.9 Å². The minimum absolute atomic E-state index is 0.0171. The summed E-state index contributed by atoms with van der Waals surface area (Å²) < 4.78 is 0. The van der Waals surface area contributed by atoms with Crippen LogP contribution in [0.15, 0.2) is 47.6 Å². The number of hydrogen-bond acceptors (Lipinski definition) is 18. The van der Waals surface area contributed by atoms with Crippen molar-refractivity contribution in [3.05, 3.63) is 48.2 Å². The van der Waals surface area contributed by atoms with Crippen LogP contribution in [0.2, 0.25) is 0 Å². The van der Waals surface area contributed by atoms with Gasteiger partial charge in [-0.1, -0.05) is 32.0 Å². The minimum Gasteiger partial charge on any atom is -0.481 e. The van der Waals surface area contributed by atoms with Crippen LogP contribution >= 0.6 is 0 Å². The number of imide groups is 1. The number of rotatable bonds is 36. The summed E-state index contributed by atoms with van der Waals surface area (Å²) >= 11 is 0. The molecule has 0 saturated carbocycles. The van der Waals surface area contributed by atoms with Crippen molar-refractivity contribution in [2.75, 3.05) is 45.8 Å². The Labute approximate surface area is 535 Å². The van der Waals surface area contributed by atoms with Crippen LogP contribution in [0.4, 0.5) is 0 Å². The smallest absolute Gasteiger partial charge is 0.305 e. The first kappa shape index (κ1) is 73.7. The molecule has 8 atom stereocenters. The molecule has 1 aromatic carbocycles. The molecule has 0 radical (unpaired) electrons. The number of aliphatic carboxylic acids is 2. The number of carboxylic acid groups (broad SMARTS) is 2. The van der Waals surface area contributed by atoms with E-state index in [1.807, 2.05) is 24.3 Å². The van der Waals surface area contributed by atoms with Crippen LogP contribution in [-0.4, -0.2) is 231 Å². The molecule has 0 aliphatic carbocycles. The van der Waals surface area contributed by atoms with E-state index >= 15 is 0 Å². The third-order valence-corrected chi connectivity index (χ3v) is 15.1. The predicted molar refractivity (Wildman–Crippen MR) is 325 cm³/mol. The van der Waals surface area contributed by atoms with Crippen molar-refractivity contribution in [2.45, 2.75) is 133 Å². The van der Waals surface area contributed by atoms with Gasteiger partial charge in [-0.2, -0.15) is 0 Å². The van der Waals surface area contributed by atoms with Crippen molar-refractivity contribution in [1.29, 1.82) is 0 Å². The summed E-state index contributed by atoms with van der Waals surface area (Å²) in [5, 5.41) is 41.0. The Hall–Kier alpha value is -11.0. The number of nitrogens with two attached hydrogens (primary N) is 4. The van der Waals surface area contributed by atoms with E-state index in [1.54, 1.807) is 6.20 Å². The molecule has 3 aliphatic heterocycles. The summed E-state index contributed by atoms with van der Waals surface area (Å²) in [5.41, 5.74) is 23.4. The summed E-state index contributed by atoms with van der Waals surface area (Å²) in [6.07, 6.45) is 0.988. The number of H-pyrrole nitrogens is 1. The normalized spacial score (nSPS) is 16.9. The van der Waals surface area contributed by atoms with Crippen LogP contribution in [0.3, 0.4) is 0 Å². The molecule has 0 spiro atoms. The van der Waals surface area contributed by atoms with Crippen molar-refractivity contribution in [1.82, 2.24) is 67.5 Å². The van der Waals surface area contributed by atoms with Gasteiger partial charge in [-0.05, 0) is 56.1 Å². The van der Waals surface area contributed by atoms with Gasteiger partial charge < -0.3 is 95.8 Å². The Kier molecular flexibility index (Phi) is 27.4. The van der Waals surface area contributed by atoms with Crippen LogP contribution in [0.5, 0.6) is 0 Å². The maximum absolute atomic E-state index is 14.1. The summed E-state index contributed by atoms with van der Waals surface area (Å²) in [6, 6.07) is -4.78. The number of aromatic amines is 1. The topological polar surface area (TPSA) is 581 Å². The van der Waals surface area contributed by atoms with Gasteiger partial charge in [-0.3, -0.25) is 91.4 Å². The lowest BCUT2D eigenvalue weighted by molar-refractivity contribution is -0.144. The van der Waals surface area contributed by atoms with Crippen LogP contribution < -0.4 is 70.8 Å². The van der Waals surface area contributed by atoms with E-state index in [-0.39, 0.29) is 70.7 Å². The Morgan fingerprint density at radius 1 is 0.617 bits per heavy atom. The Morgan fingerprint density at radius 3 is 1.79 bits per heavy atom. The average molecular weight is 1320 g/mol. The first-order valence-corrected chi connectivity index (χ1v) is 29.8. The van der Waals surface area contributed by atoms with Crippen molar-refractivity contribution in [2.24, 2.45) is 33.8 Å².